The molecule has 2 aliphatic carbocycles. The van der Waals surface area contributed by atoms with Crippen molar-refractivity contribution in [3.8, 4) is 22.4 Å². The summed E-state index contributed by atoms with van der Waals surface area (Å²) in [7, 11) is 1.71. The lowest BCUT2D eigenvalue weighted by Gasteiger charge is -2.37. The van der Waals surface area contributed by atoms with Crippen LogP contribution in [0.15, 0.2) is 90.0 Å². The first-order valence-corrected chi connectivity index (χ1v) is 30.8. The fourth-order valence-corrected chi connectivity index (χ4v) is 15.9. The van der Waals surface area contributed by atoms with Crippen LogP contribution < -0.4 is 10.7 Å². The molecule has 7 heterocycles. The second-order valence-corrected chi connectivity index (χ2v) is 26.7. The number of hydrogen-bond donors (Lipinski definition) is 2. The molecule has 80 heavy (non-hydrogen) atoms. The number of nitrogens with zero attached hydrogens (tertiary/aromatic N) is 6. The molecule has 2 unspecified atom stereocenters. The number of esters is 1. The molecule has 5 aromatic rings. The molecule has 15 nitrogen and oxygen atoms in total. The highest BCUT2D eigenvalue weighted by atomic mass is 32.2. The Bertz CT molecular complexity index is 3150. The van der Waals surface area contributed by atoms with Gasteiger partial charge in [-0.25, -0.2) is 5.43 Å². The molecule has 2 N–H and O–H groups in total. The number of fused-ring (bicyclic) bond motifs is 6. The highest BCUT2D eigenvalue weighted by Gasteiger charge is 2.67. The largest absolute Gasteiger partial charge is 0.593 e. The third-order valence-corrected chi connectivity index (χ3v) is 20.5. The van der Waals surface area contributed by atoms with Gasteiger partial charge in [0.25, 0.3) is 5.91 Å². The number of nitrogens with one attached hydrogen (secondary N) is 2. The summed E-state index contributed by atoms with van der Waals surface area (Å²) >= 11 is -1.40. The molecule has 6 bridgehead atoms. The second kappa shape index (κ2) is 22.3. The molecule has 2 saturated carbocycles. The molecule has 2 aromatic heterocycles. The maximum Gasteiger partial charge on any atom is 0.324 e. The number of carbonyl (C=O) groups is 4. The summed E-state index contributed by atoms with van der Waals surface area (Å²) < 4.78 is 30.4. The molecule has 9 atom stereocenters. The van der Waals surface area contributed by atoms with Crippen LogP contribution in [0.1, 0.15) is 120 Å². The van der Waals surface area contributed by atoms with E-state index in [1.54, 1.807) is 12.1 Å². The lowest BCUT2D eigenvalue weighted by molar-refractivity contribution is -0.155. The molecule has 5 aliphatic heterocycles. The number of aromatic nitrogens is 2. The summed E-state index contributed by atoms with van der Waals surface area (Å²) in [6, 6.07) is 24.5. The first kappa shape index (κ1) is 54.9. The Morgan fingerprint density at radius 1 is 0.925 bits per heavy atom. The van der Waals surface area contributed by atoms with E-state index in [9.17, 15) is 14.1 Å². The highest BCUT2D eigenvalue weighted by molar-refractivity contribution is 7.89. The van der Waals surface area contributed by atoms with Crippen LogP contribution in [-0.2, 0) is 59.4 Å². The Balaban J connectivity index is 0.831. The summed E-state index contributed by atoms with van der Waals surface area (Å²) in [5, 5.41) is 6.04. The van der Waals surface area contributed by atoms with E-state index >= 15 is 9.59 Å². The Morgan fingerprint density at radius 2 is 1.70 bits per heavy atom. The summed E-state index contributed by atoms with van der Waals surface area (Å²) in [6.07, 6.45) is 11.4. The van der Waals surface area contributed by atoms with Crippen LogP contribution in [0.4, 0.5) is 0 Å². The van der Waals surface area contributed by atoms with E-state index in [2.05, 4.69) is 77.4 Å². The molecular formula is C64H80N8O7S. The molecule has 3 amide bonds. The van der Waals surface area contributed by atoms with Crippen molar-refractivity contribution in [1.29, 1.82) is 0 Å². The topological polar surface area (TPSA) is 164 Å². The minimum absolute atomic E-state index is 0.0141. The second-order valence-electron chi connectivity index (χ2n) is 25.3. The van der Waals surface area contributed by atoms with Crippen LogP contribution in [0.25, 0.3) is 33.3 Å². The van der Waals surface area contributed by atoms with Crippen molar-refractivity contribution in [1.82, 2.24) is 39.4 Å². The zero-order chi connectivity index (χ0) is 55.6. The van der Waals surface area contributed by atoms with Gasteiger partial charge in [0.15, 0.2) is 10.9 Å². The predicted molar refractivity (Wildman–Crippen MR) is 309 cm³/mol. The van der Waals surface area contributed by atoms with Crippen LogP contribution in [0.2, 0.25) is 0 Å². The van der Waals surface area contributed by atoms with Crippen LogP contribution in [0, 0.1) is 29.6 Å². The van der Waals surface area contributed by atoms with Crippen molar-refractivity contribution < 1.29 is 33.2 Å². The number of ether oxygens (including phenoxy) is 2. The lowest BCUT2D eigenvalue weighted by Crippen LogP contribution is -2.62. The van der Waals surface area contributed by atoms with Gasteiger partial charge in [-0.2, -0.15) is 0 Å². The van der Waals surface area contributed by atoms with E-state index in [1.165, 1.54) is 0 Å². The number of methoxy groups -OCH3 is 1. The minimum Gasteiger partial charge on any atom is -0.593 e. The van der Waals surface area contributed by atoms with E-state index in [0.717, 1.165) is 125 Å². The SMILES string of the molecule is CCn1c(-c2cccnc2[C@H](C)OC)c2c3cc(ccc31)-c1cccc(c1)C[C@H](NC(=O)[C@H](C1CCCC1)N1CC[C@]3(CCN(C(=O)[C@H]4[C@@H](C5CC5)N4[S+]([O-])c4ccc(C)cc4)C3)C1)C(=O)N1CCC[C@H](N1)C(=O)OCC(C)(C)C2. The molecule has 0 radical (unpaired) electrons. The zero-order valence-corrected chi connectivity index (χ0v) is 48.4. The van der Waals surface area contributed by atoms with E-state index in [0.29, 0.717) is 51.4 Å². The van der Waals surface area contributed by atoms with Crippen molar-refractivity contribution in [2.45, 2.75) is 159 Å². The summed E-state index contributed by atoms with van der Waals surface area (Å²) in [5.41, 5.74) is 11.9. The Morgan fingerprint density at radius 3 is 2.46 bits per heavy atom. The van der Waals surface area contributed by atoms with E-state index in [1.807, 2.05) is 71.7 Å². The average Bonchev–Trinajstić information content (AvgIpc) is 4.42. The van der Waals surface area contributed by atoms with Crippen LogP contribution in [-0.4, -0.2) is 134 Å². The first-order valence-electron chi connectivity index (χ1n) is 29.7. The van der Waals surface area contributed by atoms with Crippen molar-refractivity contribution in [2.24, 2.45) is 22.7 Å². The molecule has 1 spiro atoms. The number of aryl methyl sites for hydroxylation is 2. The van der Waals surface area contributed by atoms with Crippen molar-refractivity contribution in [3.63, 3.8) is 0 Å². The van der Waals surface area contributed by atoms with E-state index in [4.69, 9.17) is 14.5 Å². The number of hydrogen-bond acceptors (Lipinski definition) is 11. The average molecular weight is 1110 g/mol. The van der Waals surface area contributed by atoms with Crippen molar-refractivity contribution in [3.05, 3.63) is 107 Å². The number of benzene rings is 3. The number of carbonyl (C=O) groups excluding carboxylic acids is 4. The molecule has 12 rings (SSSR count). The van der Waals surface area contributed by atoms with Gasteiger partial charge in [-0.3, -0.25) is 34.1 Å². The molecular weight excluding hydrogens is 1020 g/mol. The van der Waals surface area contributed by atoms with Crippen molar-refractivity contribution >= 4 is 46.0 Å². The van der Waals surface area contributed by atoms with Gasteiger partial charge in [0, 0.05) is 79.7 Å². The maximum absolute atomic E-state index is 15.4. The molecule has 3 aromatic carbocycles. The van der Waals surface area contributed by atoms with Crippen LogP contribution >= 0.6 is 0 Å². The molecule has 16 heteroatoms. The lowest BCUT2D eigenvalue weighted by atomic mass is 9.84. The van der Waals surface area contributed by atoms with Gasteiger partial charge in [-0.05, 0) is 156 Å². The number of cyclic esters (lactones) is 1. The molecule has 4 saturated heterocycles. The molecule has 7 aliphatic rings. The third-order valence-electron chi connectivity index (χ3n) is 18.9. The van der Waals surface area contributed by atoms with Crippen LogP contribution in [0.3, 0.4) is 0 Å². The van der Waals surface area contributed by atoms with Gasteiger partial charge in [0.2, 0.25) is 11.8 Å². The Labute approximate surface area is 474 Å². The van der Waals surface area contributed by atoms with Gasteiger partial charge in [-0.1, -0.05) is 74.7 Å². The molecule has 424 valence electrons. The quantitative estimate of drug-likeness (QED) is 0.0698. The third kappa shape index (κ3) is 10.7. The number of hydrazine groups is 1. The van der Waals surface area contributed by atoms with Gasteiger partial charge >= 0.3 is 5.97 Å². The van der Waals surface area contributed by atoms with Gasteiger partial charge in [0.05, 0.1) is 47.5 Å². The zero-order valence-electron chi connectivity index (χ0n) is 47.6. The van der Waals surface area contributed by atoms with Gasteiger partial charge in [0.1, 0.15) is 12.1 Å². The number of amides is 3. The Hall–Kier alpha value is -5.62. The Kier molecular flexibility index (Phi) is 15.3. The summed E-state index contributed by atoms with van der Waals surface area (Å²) in [6.45, 7) is 14.5. The summed E-state index contributed by atoms with van der Waals surface area (Å²) in [4.78, 5) is 69.2. The van der Waals surface area contributed by atoms with Crippen LogP contribution in [0.5, 0.6) is 0 Å². The number of likely N-dealkylation sites (tertiary alicyclic amines) is 2. The monoisotopic (exact) mass is 1100 g/mol. The normalized spacial score (nSPS) is 27.5. The fourth-order valence-electron chi connectivity index (χ4n) is 14.4. The van der Waals surface area contributed by atoms with Crippen molar-refractivity contribution in [2.75, 3.05) is 46.4 Å². The smallest absolute Gasteiger partial charge is 0.324 e. The van der Waals surface area contributed by atoms with Gasteiger partial charge < -0.3 is 28.8 Å². The molecule has 6 fully saturated rings. The number of rotatable bonds is 12. The standard InChI is InChI=1S/C64H80N8O7S/c1-7-70-53-26-23-46-35-49(53)50(57(70)48-17-11-29-65-54(48)41(3)78-6)36-63(4,5)39-79-62(76)51-18-12-30-71(67-51)60(74)52(34-42-13-10-16-45(46)33-42)66-59(73)56(43-14-8-9-15-43)68-31-27-64(37-68)28-32-69(38-64)61(75)58-55(44-21-22-44)72(58)80(77)47-24-19-40(2)20-25-47/h10-11,13,16-17,19-20,23-26,29,33,35,41,43-44,51-52,55-56,58,67H,7-9,12,14-15,18,21-22,27-28,30-32,34,36-39H2,1-6H3,(H,66,73)/t41-,51-,52-,55+,56-,58+,64-,72?,80?/m0/s1. The fraction of sp³-hybridized carbons (Fsp3) is 0.547. The first-order chi connectivity index (χ1) is 38.6. The van der Waals surface area contributed by atoms with E-state index < -0.39 is 40.9 Å². The highest BCUT2D eigenvalue weighted by Crippen LogP contribution is 2.52. The van der Waals surface area contributed by atoms with Gasteiger partial charge in [-0.15, -0.1) is 4.31 Å². The number of pyridine rings is 1. The predicted octanol–water partition coefficient (Wildman–Crippen LogP) is 8.72. The maximum atomic E-state index is 15.4. The minimum atomic E-state index is -1.40. The summed E-state index contributed by atoms with van der Waals surface area (Å²) in [5.74, 6) is -0.201. The van der Waals surface area contributed by atoms with E-state index in [-0.39, 0.29) is 60.3 Å².